The first-order valence-electron chi connectivity index (χ1n) is 5.03. The highest BCUT2D eigenvalue weighted by molar-refractivity contribution is 7.71. The number of hydrogen-bond donors (Lipinski definition) is 1. The molecule has 0 aliphatic carbocycles. The van der Waals surface area contributed by atoms with Gasteiger partial charge in [0.2, 0.25) is 0 Å². The molecule has 2 rings (SSSR count). The van der Waals surface area contributed by atoms with E-state index in [9.17, 15) is 0 Å². The number of nitrogens with one attached hydrogen (secondary N) is 1. The maximum atomic E-state index is 6.10. The summed E-state index contributed by atoms with van der Waals surface area (Å²) in [5.74, 6) is 0. The van der Waals surface area contributed by atoms with Crippen LogP contribution in [0.25, 0.3) is 11.0 Å². The van der Waals surface area contributed by atoms with Crippen LogP contribution in [0.4, 0.5) is 0 Å². The summed E-state index contributed by atoms with van der Waals surface area (Å²) < 4.78 is 7.85. The predicted octanol–water partition coefficient (Wildman–Crippen LogP) is 3.56. The van der Waals surface area contributed by atoms with Gasteiger partial charge in [0.05, 0.1) is 28.7 Å². The first kappa shape index (κ1) is 11.6. The minimum absolute atomic E-state index is 0.185. The van der Waals surface area contributed by atoms with Crippen LogP contribution in [-0.4, -0.2) is 23.3 Å². The van der Waals surface area contributed by atoms with Crippen LogP contribution >= 0.6 is 23.8 Å². The van der Waals surface area contributed by atoms with Crippen LogP contribution in [0.15, 0.2) is 18.2 Å². The molecule has 0 amide bonds. The van der Waals surface area contributed by atoms with Crippen molar-refractivity contribution < 1.29 is 4.74 Å². The lowest BCUT2D eigenvalue weighted by Crippen LogP contribution is -2.10. The number of aromatic amines is 1. The minimum Gasteiger partial charge on any atom is -0.383 e. The van der Waals surface area contributed by atoms with Crippen molar-refractivity contribution in [3.63, 3.8) is 0 Å². The Hall–Kier alpha value is -0.840. The number of halogens is 1. The van der Waals surface area contributed by atoms with E-state index >= 15 is 0 Å². The Morgan fingerprint density at radius 3 is 3.00 bits per heavy atom. The molecule has 0 saturated heterocycles. The highest BCUT2D eigenvalue weighted by Gasteiger charge is 2.12. The molecule has 0 fully saturated rings. The fourth-order valence-corrected chi connectivity index (χ4v) is 2.46. The summed E-state index contributed by atoms with van der Waals surface area (Å²) in [6.45, 7) is 2.68. The normalized spacial score (nSPS) is 13.2. The van der Waals surface area contributed by atoms with E-state index in [0.717, 1.165) is 11.0 Å². The minimum atomic E-state index is 0.185. The number of hydrogen-bond acceptors (Lipinski definition) is 2. The number of nitrogens with zero attached hydrogens (tertiary/aromatic N) is 1. The molecule has 0 bridgehead atoms. The number of aromatic nitrogens is 2. The summed E-state index contributed by atoms with van der Waals surface area (Å²) in [6.07, 6.45) is 0. The van der Waals surface area contributed by atoms with Crippen LogP contribution in [0, 0.1) is 4.77 Å². The van der Waals surface area contributed by atoms with Gasteiger partial charge in [0.15, 0.2) is 4.77 Å². The molecule has 86 valence electrons. The number of ether oxygens (including phenoxy) is 1. The van der Waals surface area contributed by atoms with Crippen molar-refractivity contribution in [1.29, 1.82) is 0 Å². The van der Waals surface area contributed by atoms with Crippen molar-refractivity contribution in [2.45, 2.75) is 13.0 Å². The summed E-state index contributed by atoms with van der Waals surface area (Å²) in [6, 6.07) is 5.95. The van der Waals surface area contributed by atoms with Gasteiger partial charge in [-0.15, -0.1) is 0 Å². The standard InChI is InChI=1S/C11H13ClN2OS/c1-7(6-15-2)14-9-5-3-4-8(12)10(9)13-11(14)16/h3-5,7H,6H2,1-2H3,(H,13,16). The van der Waals surface area contributed by atoms with Gasteiger partial charge in [-0.3, -0.25) is 0 Å². The van der Waals surface area contributed by atoms with Gasteiger partial charge in [0, 0.05) is 7.11 Å². The van der Waals surface area contributed by atoms with Crippen molar-refractivity contribution in [2.75, 3.05) is 13.7 Å². The Balaban J connectivity index is 2.65. The maximum Gasteiger partial charge on any atom is 0.178 e. The van der Waals surface area contributed by atoms with E-state index in [4.69, 9.17) is 28.6 Å². The van der Waals surface area contributed by atoms with E-state index in [1.54, 1.807) is 7.11 Å². The fourth-order valence-electron chi connectivity index (χ4n) is 1.87. The van der Waals surface area contributed by atoms with Gasteiger partial charge in [-0.05, 0) is 31.3 Å². The van der Waals surface area contributed by atoms with E-state index in [1.807, 2.05) is 22.8 Å². The topological polar surface area (TPSA) is 29.9 Å². The van der Waals surface area contributed by atoms with Crippen LogP contribution in [0.3, 0.4) is 0 Å². The highest BCUT2D eigenvalue weighted by atomic mass is 35.5. The lowest BCUT2D eigenvalue weighted by atomic mass is 10.3. The van der Waals surface area contributed by atoms with Crippen molar-refractivity contribution in [2.24, 2.45) is 0 Å². The molecule has 0 saturated carbocycles. The molecule has 1 atom stereocenters. The van der Waals surface area contributed by atoms with Gasteiger partial charge in [0.25, 0.3) is 0 Å². The van der Waals surface area contributed by atoms with Crippen LogP contribution < -0.4 is 0 Å². The fraction of sp³-hybridized carbons (Fsp3) is 0.364. The highest BCUT2D eigenvalue weighted by Crippen LogP contribution is 2.25. The third-order valence-electron chi connectivity index (χ3n) is 2.55. The van der Waals surface area contributed by atoms with Gasteiger partial charge in [-0.2, -0.15) is 0 Å². The van der Waals surface area contributed by atoms with Crippen LogP contribution in [0.2, 0.25) is 5.02 Å². The zero-order valence-corrected chi connectivity index (χ0v) is 10.7. The molecule has 0 aliphatic rings. The third kappa shape index (κ3) is 1.88. The average Bonchev–Trinajstić information content (AvgIpc) is 2.56. The van der Waals surface area contributed by atoms with Crippen molar-refractivity contribution in [3.8, 4) is 0 Å². The molecule has 0 radical (unpaired) electrons. The number of fused-ring (bicyclic) bond motifs is 1. The van der Waals surface area contributed by atoms with Gasteiger partial charge in [0.1, 0.15) is 0 Å². The van der Waals surface area contributed by atoms with Crippen LogP contribution in [0.5, 0.6) is 0 Å². The van der Waals surface area contributed by atoms with E-state index in [1.165, 1.54) is 0 Å². The number of rotatable bonds is 3. The predicted molar refractivity (Wildman–Crippen MR) is 68.7 cm³/mol. The molecule has 5 heteroatoms. The molecular weight excluding hydrogens is 244 g/mol. The van der Waals surface area contributed by atoms with Crippen molar-refractivity contribution in [1.82, 2.24) is 9.55 Å². The molecule has 1 aromatic carbocycles. The van der Waals surface area contributed by atoms with Gasteiger partial charge < -0.3 is 14.3 Å². The summed E-state index contributed by atoms with van der Waals surface area (Å²) in [7, 11) is 1.68. The second kappa shape index (κ2) is 4.57. The Kier molecular flexibility index (Phi) is 3.33. The molecule has 1 aromatic heterocycles. The van der Waals surface area contributed by atoms with Gasteiger partial charge in [-0.25, -0.2) is 0 Å². The molecular formula is C11H13ClN2OS. The van der Waals surface area contributed by atoms with Crippen LogP contribution in [0.1, 0.15) is 13.0 Å². The lowest BCUT2D eigenvalue weighted by molar-refractivity contribution is 0.163. The SMILES string of the molecule is COCC(C)n1c(=S)[nH]c2c(Cl)cccc21. The summed E-state index contributed by atoms with van der Waals surface area (Å²) in [5.41, 5.74) is 1.90. The monoisotopic (exact) mass is 256 g/mol. The molecule has 1 N–H and O–H groups in total. The third-order valence-corrected chi connectivity index (χ3v) is 3.16. The molecule has 1 heterocycles. The molecule has 0 spiro atoms. The van der Waals surface area contributed by atoms with E-state index in [-0.39, 0.29) is 6.04 Å². The number of methoxy groups -OCH3 is 1. The first-order valence-corrected chi connectivity index (χ1v) is 5.81. The average molecular weight is 257 g/mol. The van der Waals surface area contributed by atoms with E-state index in [2.05, 4.69) is 11.9 Å². The van der Waals surface area contributed by atoms with Gasteiger partial charge >= 0.3 is 0 Å². The largest absolute Gasteiger partial charge is 0.383 e. The smallest absolute Gasteiger partial charge is 0.178 e. The second-order valence-corrected chi connectivity index (χ2v) is 4.53. The molecule has 16 heavy (non-hydrogen) atoms. The summed E-state index contributed by atoms with van der Waals surface area (Å²) in [5, 5.41) is 0.687. The lowest BCUT2D eigenvalue weighted by Gasteiger charge is -2.13. The van der Waals surface area contributed by atoms with E-state index < -0.39 is 0 Å². The molecule has 0 aliphatic heterocycles. The number of H-pyrrole nitrogens is 1. The number of imidazole rings is 1. The van der Waals surface area contributed by atoms with Crippen LogP contribution in [-0.2, 0) is 4.74 Å². The maximum absolute atomic E-state index is 6.10. The second-order valence-electron chi connectivity index (χ2n) is 3.74. The quantitative estimate of drug-likeness (QED) is 0.851. The zero-order valence-electron chi connectivity index (χ0n) is 9.16. The van der Waals surface area contributed by atoms with E-state index in [0.29, 0.717) is 16.4 Å². The number of para-hydroxylation sites is 1. The Morgan fingerprint density at radius 2 is 2.31 bits per heavy atom. The summed E-state index contributed by atoms with van der Waals surface area (Å²) >= 11 is 11.4. The first-order chi connectivity index (χ1) is 7.65. The number of benzene rings is 1. The van der Waals surface area contributed by atoms with Crippen molar-refractivity contribution in [3.05, 3.63) is 28.0 Å². The molecule has 3 nitrogen and oxygen atoms in total. The summed E-state index contributed by atoms with van der Waals surface area (Å²) in [4.78, 5) is 3.12. The Bertz CT molecular complexity index is 561. The molecule has 1 unspecified atom stereocenters. The zero-order chi connectivity index (χ0) is 11.7. The van der Waals surface area contributed by atoms with Crippen molar-refractivity contribution >= 4 is 34.9 Å². The van der Waals surface area contributed by atoms with Gasteiger partial charge in [-0.1, -0.05) is 17.7 Å². The Labute approximate surface area is 104 Å². The molecule has 2 aromatic rings. The Morgan fingerprint density at radius 1 is 1.56 bits per heavy atom.